The van der Waals surface area contributed by atoms with E-state index in [1.54, 1.807) is 0 Å². The fraction of sp³-hybridized carbons (Fsp3) is 0.588. The van der Waals surface area contributed by atoms with E-state index < -0.39 is 0 Å². The summed E-state index contributed by atoms with van der Waals surface area (Å²) in [4.78, 5) is 11.7. The Morgan fingerprint density at radius 1 is 1.33 bits per heavy atom. The number of carbonyl (C=O) groups excluding carboxylic acids is 1. The summed E-state index contributed by atoms with van der Waals surface area (Å²) in [7, 11) is 0. The van der Waals surface area contributed by atoms with Crippen LogP contribution < -0.4 is 15.8 Å². The molecule has 0 radical (unpaired) electrons. The van der Waals surface area contributed by atoms with E-state index in [1.807, 2.05) is 24.3 Å². The van der Waals surface area contributed by atoms with E-state index in [1.165, 1.54) is 18.4 Å². The molecule has 0 aliphatic heterocycles. The second-order valence-electron chi connectivity index (χ2n) is 6.87. The van der Waals surface area contributed by atoms with Gasteiger partial charge in [-0.2, -0.15) is 0 Å². The van der Waals surface area contributed by atoms with Crippen LogP contribution in [0, 0.1) is 5.92 Å². The van der Waals surface area contributed by atoms with Crippen LogP contribution in [0.3, 0.4) is 0 Å². The molecule has 4 heteroatoms. The molecule has 4 nitrogen and oxygen atoms in total. The van der Waals surface area contributed by atoms with Crippen LogP contribution in [-0.4, -0.2) is 25.1 Å². The van der Waals surface area contributed by atoms with E-state index in [0.29, 0.717) is 18.2 Å². The van der Waals surface area contributed by atoms with Crippen LogP contribution >= 0.6 is 0 Å². The molecule has 1 atom stereocenters. The lowest BCUT2D eigenvalue weighted by molar-refractivity contribution is -0.123. The van der Waals surface area contributed by atoms with Crippen molar-refractivity contribution in [3.8, 4) is 5.75 Å². The van der Waals surface area contributed by atoms with Crippen LogP contribution in [0.25, 0.3) is 0 Å². The van der Waals surface area contributed by atoms with Crippen molar-refractivity contribution in [3.05, 3.63) is 29.8 Å². The Morgan fingerprint density at radius 3 is 2.48 bits per heavy atom. The van der Waals surface area contributed by atoms with Crippen molar-refractivity contribution in [2.24, 2.45) is 11.7 Å². The summed E-state index contributed by atoms with van der Waals surface area (Å²) in [5.74, 6) is 1.19. The lowest BCUT2D eigenvalue weighted by Gasteiger charge is -2.19. The summed E-state index contributed by atoms with van der Waals surface area (Å²) in [5.41, 5.74) is 7.30. The first-order valence-corrected chi connectivity index (χ1v) is 7.62. The summed E-state index contributed by atoms with van der Waals surface area (Å²) in [6.07, 6.45) is 2.38. The Balaban J connectivity index is 1.73. The number of ether oxygens (including phenoxy) is 1. The minimum absolute atomic E-state index is 0.0340. The van der Waals surface area contributed by atoms with Crippen molar-refractivity contribution in [2.75, 3.05) is 13.2 Å². The standard InChI is InChI=1S/C17H26N2O2/c1-17(2,3)13-6-8-14(9-7-13)21-11-16(20)19-10-15(18)12-4-5-12/h6-9,12,15H,4-5,10-11,18H2,1-3H3,(H,19,20). The number of amides is 1. The smallest absolute Gasteiger partial charge is 0.257 e. The van der Waals surface area contributed by atoms with Gasteiger partial charge in [0, 0.05) is 12.6 Å². The van der Waals surface area contributed by atoms with Gasteiger partial charge in [0.1, 0.15) is 5.75 Å². The van der Waals surface area contributed by atoms with Crippen molar-refractivity contribution < 1.29 is 9.53 Å². The van der Waals surface area contributed by atoms with Crippen LogP contribution in [0.4, 0.5) is 0 Å². The molecule has 0 bridgehead atoms. The highest BCUT2D eigenvalue weighted by Crippen LogP contribution is 2.31. The summed E-state index contributed by atoms with van der Waals surface area (Å²) in [6.45, 7) is 7.07. The molecule has 1 amide bonds. The molecule has 1 aliphatic rings. The first kappa shape index (κ1) is 15.8. The normalized spacial score (nSPS) is 16.4. The second-order valence-corrected chi connectivity index (χ2v) is 6.87. The molecule has 1 aromatic carbocycles. The zero-order valence-corrected chi connectivity index (χ0v) is 13.2. The van der Waals surface area contributed by atoms with Gasteiger partial charge in [0.25, 0.3) is 5.91 Å². The fourth-order valence-electron chi connectivity index (χ4n) is 2.17. The summed E-state index contributed by atoms with van der Waals surface area (Å²) in [5, 5.41) is 2.82. The van der Waals surface area contributed by atoms with Crippen molar-refractivity contribution in [1.82, 2.24) is 5.32 Å². The number of carbonyl (C=O) groups is 1. The van der Waals surface area contributed by atoms with Crippen molar-refractivity contribution >= 4 is 5.91 Å². The SMILES string of the molecule is CC(C)(C)c1ccc(OCC(=O)NCC(N)C2CC2)cc1. The molecule has 0 aromatic heterocycles. The molecule has 0 heterocycles. The Kier molecular flexibility index (Phi) is 4.88. The molecule has 0 spiro atoms. The van der Waals surface area contributed by atoms with Gasteiger partial charge >= 0.3 is 0 Å². The zero-order chi connectivity index (χ0) is 15.5. The van der Waals surface area contributed by atoms with Gasteiger partial charge in [-0.25, -0.2) is 0 Å². The van der Waals surface area contributed by atoms with Crippen LogP contribution in [0.15, 0.2) is 24.3 Å². The van der Waals surface area contributed by atoms with E-state index in [9.17, 15) is 4.79 Å². The topological polar surface area (TPSA) is 64.3 Å². The molecule has 1 fully saturated rings. The lowest BCUT2D eigenvalue weighted by atomic mass is 9.87. The molecular weight excluding hydrogens is 264 g/mol. The summed E-state index contributed by atoms with van der Waals surface area (Å²) in [6, 6.07) is 7.97. The maximum atomic E-state index is 11.7. The highest BCUT2D eigenvalue weighted by Gasteiger charge is 2.28. The first-order valence-electron chi connectivity index (χ1n) is 7.62. The molecule has 2 rings (SSSR count). The highest BCUT2D eigenvalue weighted by molar-refractivity contribution is 5.77. The number of nitrogens with one attached hydrogen (secondary N) is 1. The Hall–Kier alpha value is -1.55. The Labute approximate surface area is 127 Å². The predicted molar refractivity (Wildman–Crippen MR) is 84.3 cm³/mol. The summed E-state index contributed by atoms with van der Waals surface area (Å²) < 4.78 is 5.49. The molecule has 1 unspecified atom stereocenters. The molecule has 21 heavy (non-hydrogen) atoms. The zero-order valence-electron chi connectivity index (χ0n) is 13.2. The maximum absolute atomic E-state index is 11.7. The third-order valence-electron chi connectivity index (χ3n) is 3.85. The molecule has 1 aliphatic carbocycles. The van der Waals surface area contributed by atoms with E-state index in [2.05, 4.69) is 26.1 Å². The molecule has 3 N–H and O–H groups in total. The largest absolute Gasteiger partial charge is 0.484 e. The van der Waals surface area contributed by atoms with E-state index in [0.717, 1.165) is 0 Å². The van der Waals surface area contributed by atoms with Crippen molar-refractivity contribution in [1.29, 1.82) is 0 Å². The van der Waals surface area contributed by atoms with E-state index in [4.69, 9.17) is 10.5 Å². The molecule has 0 saturated heterocycles. The van der Waals surface area contributed by atoms with Gasteiger partial charge in [-0.15, -0.1) is 0 Å². The predicted octanol–water partition coefficient (Wildman–Crippen LogP) is 2.22. The monoisotopic (exact) mass is 290 g/mol. The third-order valence-corrected chi connectivity index (χ3v) is 3.85. The van der Waals surface area contributed by atoms with Crippen LogP contribution in [0.1, 0.15) is 39.2 Å². The second kappa shape index (κ2) is 6.48. The average Bonchev–Trinajstić information content (AvgIpc) is 3.26. The first-order chi connectivity index (χ1) is 9.86. The van der Waals surface area contributed by atoms with Crippen molar-refractivity contribution in [2.45, 2.75) is 45.1 Å². The Bertz CT molecular complexity index is 473. The lowest BCUT2D eigenvalue weighted by Crippen LogP contribution is -2.40. The number of hydrogen-bond donors (Lipinski definition) is 2. The summed E-state index contributed by atoms with van der Waals surface area (Å²) >= 11 is 0. The minimum Gasteiger partial charge on any atom is -0.484 e. The molecule has 116 valence electrons. The Morgan fingerprint density at radius 2 is 1.95 bits per heavy atom. The van der Waals surface area contributed by atoms with Crippen molar-refractivity contribution in [3.63, 3.8) is 0 Å². The molecule has 1 aromatic rings. The number of nitrogens with two attached hydrogens (primary N) is 1. The maximum Gasteiger partial charge on any atom is 0.257 e. The van der Waals surface area contributed by atoms with E-state index >= 15 is 0 Å². The van der Waals surface area contributed by atoms with Gasteiger partial charge in [-0.3, -0.25) is 4.79 Å². The van der Waals surface area contributed by atoms with Gasteiger partial charge < -0.3 is 15.8 Å². The van der Waals surface area contributed by atoms with Gasteiger partial charge in [-0.05, 0) is 41.9 Å². The highest BCUT2D eigenvalue weighted by atomic mass is 16.5. The quantitative estimate of drug-likeness (QED) is 0.844. The number of benzene rings is 1. The van der Waals surface area contributed by atoms with Gasteiger partial charge in [0.05, 0.1) is 0 Å². The average molecular weight is 290 g/mol. The van der Waals surface area contributed by atoms with E-state index in [-0.39, 0.29) is 24.0 Å². The third kappa shape index (κ3) is 5.05. The molecule has 1 saturated carbocycles. The number of rotatable bonds is 6. The van der Waals surface area contributed by atoms with Gasteiger partial charge in [0.15, 0.2) is 6.61 Å². The minimum atomic E-state index is -0.119. The van der Waals surface area contributed by atoms with Gasteiger partial charge in [0.2, 0.25) is 0 Å². The fourth-order valence-corrected chi connectivity index (χ4v) is 2.17. The van der Waals surface area contributed by atoms with Gasteiger partial charge in [-0.1, -0.05) is 32.9 Å². The van der Waals surface area contributed by atoms with Crippen LogP contribution in [0.2, 0.25) is 0 Å². The molecular formula is C17H26N2O2. The number of hydrogen-bond acceptors (Lipinski definition) is 3. The van der Waals surface area contributed by atoms with Crippen LogP contribution in [-0.2, 0) is 10.2 Å². The van der Waals surface area contributed by atoms with Crippen LogP contribution in [0.5, 0.6) is 5.75 Å².